The summed E-state index contributed by atoms with van der Waals surface area (Å²) in [6.45, 7) is 2.19. The fourth-order valence-corrected chi connectivity index (χ4v) is 2.72. The zero-order chi connectivity index (χ0) is 20.1. The maximum absolute atomic E-state index is 12.0. The topological polar surface area (TPSA) is 78.8 Å². The SMILES string of the molecule is COc1cc(/C=N\n2c(N)cc(C)cc2=O)ccc1OCc1ccc(Cl)cc1. The summed E-state index contributed by atoms with van der Waals surface area (Å²) in [4.78, 5) is 12.0. The standard InChI is InChI=1S/C21H20ClN3O3/c1-14-9-20(23)25(21(26)10-14)24-12-16-5-8-18(19(11-16)27-2)28-13-15-3-6-17(22)7-4-15/h3-12H,13,23H2,1-2H3/b24-12-. The second kappa shape index (κ2) is 8.63. The van der Waals surface area contributed by atoms with E-state index in [1.165, 1.54) is 6.07 Å². The summed E-state index contributed by atoms with van der Waals surface area (Å²) >= 11 is 5.89. The van der Waals surface area contributed by atoms with Crippen LogP contribution >= 0.6 is 11.6 Å². The zero-order valence-electron chi connectivity index (χ0n) is 15.6. The van der Waals surface area contributed by atoms with Gasteiger partial charge >= 0.3 is 0 Å². The van der Waals surface area contributed by atoms with E-state index in [2.05, 4.69) is 5.10 Å². The summed E-state index contributed by atoms with van der Waals surface area (Å²) in [5, 5.41) is 4.85. The lowest BCUT2D eigenvalue weighted by molar-refractivity contribution is 0.284. The number of nitrogens with zero attached hydrogens (tertiary/aromatic N) is 2. The van der Waals surface area contributed by atoms with E-state index in [4.69, 9.17) is 26.8 Å². The number of hydrogen-bond acceptors (Lipinski definition) is 5. The van der Waals surface area contributed by atoms with E-state index in [0.29, 0.717) is 23.1 Å². The van der Waals surface area contributed by atoms with E-state index in [0.717, 1.165) is 21.4 Å². The van der Waals surface area contributed by atoms with Gasteiger partial charge in [-0.1, -0.05) is 23.7 Å². The third kappa shape index (κ3) is 4.72. The highest BCUT2D eigenvalue weighted by Gasteiger charge is 2.06. The summed E-state index contributed by atoms with van der Waals surface area (Å²) in [5.41, 5.74) is 8.10. The summed E-state index contributed by atoms with van der Waals surface area (Å²) in [6.07, 6.45) is 1.54. The minimum Gasteiger partial charge on any atom is -0.493 e. The molecule has 0 spiro atoms. The number of aromatic nitrogens is 1. The molecule has 0 fully saturated rings. The Labute approximate surface area is 167 Å². The molecule has 0 amide bonds. The summed E-state index contributed by atoms with van der Waals surface area (Å²) in [7, 11) is 1.56. The molecule has 0 aliphatic heterocycles. The molecule has 3 rings (SSSR count). The number of pyridine rings is 1. The van der Waals surface area contributed by atoms with Crippen molar-refractivity contribution in [2.24, 2.45) is 5.10 Å². The average Bonchev–Trinajstić information content (AvgIpc) is 2.67. The smallest absolute Gasteiger partial charge is 0.273 e. The van der Waals surface area contributed by atoms with Crippen LogP contribution in [0.3, 0.4) is 0 Å². The Balaban J connectivity index is 1.77. The molecule has 6 nitrogen and oxygen atoms in total. The molecule has 0 saturated heterocycles. The van der Waals surface area contributed by atoms with Crippen molar-refractivity contribution in [2.75, 3.05) is 12.8 Å². The molecule has 0 radical (unpaired) electrons. The molecular weight excluding hydrogens is 378 g/mol. The molecule has 7 heteroatoms. The first-order valence-corrected chi connectivity index (χ1v) is 8.93. The minimum absolute atomic E-state index is 0.274. The largest absolute Gasteiger partial charge is 0.493 e. The van der Waals surface area contributed by atoms with Crippen molar-refractivity contribution in [3.8, 4) is 11.5 Å². The molecule has 0 aliphatic rings. The number of halogens is 1. The van der Waals surface area contributed by atoms with Crippen LogP contribution in [0.5, 0.6) is 11.5 Å². The van der Waals surface area contributed by atoms with Gasteiger partial charge in [0.25, 0.3) is 5.56 Å². The first-order valence-electron chi connectivity index (χ1n) is 8.55. The maximum Gasteiger partial charge on any atom is 0.273 e. The molecule has 2 N–H and O–H groups in total. The van der Waals surface area contributed by atoms with E-state index in [-0.39, 0.29) is 11.4 Å². The molecule has 2 aromatic carbocycles. The summed E-state index contributed by atoms with van der Waals surface area (Å²) < 4.78 is 12.4. The van der Waals surface area contributed by atoms with Crippen LogP contribution in [0.2, 0.25) is 5.02 Å². The molecule has 0 unspecified atom stereocenters. The lowest BCUT2D eigenvalue weighted by atomic mass is 10.2. The maximum atomic E-state index is 12.0. The normalized spacial score (nSPS) is 11.0. The second-order valence-electron chi connectivity index (χ2n) is 6.18. The number of hydrogen-bond donors (Lipinski definition) is 1. The van der Waals surface area contributed by atoms with Gasteiger partial charge in [0.1, 0.15) is 12.4 Å². The Morgan fingerprint density at radius 3 is 2.54 bits per heavy atom. The van der Waals surface area contributed by atoms with Gasteiger partial charge in [-0.15, -0.1) is 0 Å². The number of methoxy groups -OCH3 is 1. The van der Waals surface area contributed by atoms with E-state index in [1.54, 1.807) is 38.4 Å². The second-order valence-corrected chi connectivity index (χ2v) is 6.61. The van der Waals surface area contributed by atoms with Crippen LogP contribution in [-0.4, -0.2) is 18.0 Å². The van der Waals surface area contributed by atoms with Crippen LogP contribution in [0.25, 0.3) is 0 Å². The van der Waals surface area contributed by atoms with Gasteiger partial charge in [0.15, 0.2) is 11.5 Å². The minimum atomic E-state index is -0.288. The number of anilines is 1. The van der Waals surface area contributed by atoms with Gasteiger partial charge in [-0.2, -0.15) is 9.78 Å². The number of nitrogen functional groups attached to an aromatic ring is 1. The fraction of sp³-hybridized carbons (Fsp3) is 0.143. The van der Waals surface area contributed by atoms with Crippen LogP contribution in [-0.2, 0) is 6.61 Å². The quantitative estimate of drug-likeness (QED) is 0.640. The van der Waals surface area contributed by atoms with Crippen LogP contribution in [0.4, 0.5) is 5.82 Å². The molecule has 0 bridgehead atoms. The van der Waals surface area contributed by atoms with Gasteiger partial charge in [0.05, 0.1) is 13.3 Å². The molecule has 1 aromatic heterocycles. The lowest BCUT2D eigenvalue weighted by Gasteiger charge is -2.11. The fourth-order valence-electron chi connectivity index (χ4n) is 2.59. The predicted octanol–water partition coefficient (Wildman–Crippen LogP) is 3.86. The summed E-state index contributed by atoms with van der Waals surface area (Å²) in [6, 6.07) is 16.0. The van der Waals surface area contributed by atoms with E-state index >= 15 is 0 Å². The highest BCUT2D eigenvalue weighted by atomic mass is 35.5. The van der Waals surface area contributed by atoms with E-state index in [9.17, 15) is 4.79 Å². The zero-order valence-corrected chi connectivity index (χ0v) is 16.3. The molecule has 0 atom stereocenters. The number of aryl methyl sites for hydroxylation is 1. The Hall–Kier alpha value is -3.25. The summed E-state index contributed by atoms with van der Waals surface area (Å²) in [5.74, 6) is 1.43. The monoisotopic (exact) mass is 397 g/mol. The highest BCUT2D eigenvalue weighted by molar-refractivity contribution is 6.30. The molecular formula is C21H20ClN3O3. The molecule has 0 aliphatic carbocycles. The Bertz CT molecular complexity index is 1060. The van der Waals surface area contributed by atoms with Crippen LogP contribution in [0, 0.1) is 6.92 Å². The number of benzene rings is 2. The first kappa shape index (κ1) is 19.5. The van der Waals surface area contributed by atoms with Crippen molar-refractivity contribution in [1.82, 2.24) is 4.68 Å². The number of ether oxygens (including phenoxy) is 2. The van der Waals surface area contributed by atoms with Crippen molar-refractivity contribution >= 4 is 23.6 Å². The van der Waals surface area contributed by atoms with Gasteiger partial charge in [-0.05, 0) is 60.0 Å². The first-order chi connectivity index (χ1) is 13.5. The third-order valence-corrected chi connectivity index (χ3v) is 4.25. The molecule has 3 aromatic rings. The van der Waals surface area contributed by atoms with Crippen molar-refractivity contribution in [3.63, 3.8) is 0 Å². The number of rotatable bonds is 6. The van der Waals surface area contributed by atoms with Crippen molar-refractivity contribution < 1.29 is 9.47 Å². The van der Waals surface area contributed by atoms with E-state index < -0.39 is 0 Å². The van der Waals surface area contributed by atoms with Gasteiger partial charge in [0, 0.05) is 11.1 Å². The van der Waals surface area contributed by atoms with Crippen molar-refractivity contribution in [1.29, 1.82) is 0 Å². The van der Waals surface area contributed by atoms with E-state index in [1.807, 2.05) is 30.3 Å². The van der Waals surface area contributed by atoms with Crippen LogP contribution in [0.1, 0.15) is 16.7 Å². The Morgan fingerprint density at radius 2 is 1.86 bits per heavy atom. The predicted molar refractivity (Wildman–Crippen MR) is 112 cm³/mol. The molecule has 144 valence electrons. The van der Waals surface area contributed by atoms with Gasteiger partial charge in [-0.25, -0.2) is 0 Å². The van der Waals surface area contributed by atoms with Crippen molar-refractivity contribution in [2.45, 2.75) is 13.5 Å². The highest BCUT2D eigenvalue weighted by Crippen LogP contribution is 2.28. The molecule has 1 heterocycles. The third-order valence-electron chi connectivity index (χ3n) is 4.00. The van der Waals surface area contributed by atoms with Crippen molar-refractivity contribution in [3.05, 3.63) is 86.7 Å². The number of nitrogens with two attached hydrogens (primary N) is 1. The van der Waals surface area contributed by atoms with Crippen LogP contribution < -0.4 is 20.8 Å². The lowest BCUT2D eigenvalue weighted by Crippen LogP contribution is -2.19. The molecule has 28 heavy (non-hydrogen) atoms. The van der Waals surface area contributed by atoms with Gasteiger partial charge in [-0.3, -0.25) is 4.79 Å². The van der Waals surface area contributed by atoms with Crippen LogP contribution in [0.15, 0.2) is 64.5 Å². The molecule has 0 saturated carbocycles. The Morgan fingerprint density at radius 1 is 1.11 bits per heavy atom. The van der Waals surface area contributed by atoms with Gasteiger partial charge in [0.2, 0.25) is 0 Å². The van der Waals surface area contributed by atoms with Gasteiger partial charge < -0.3 is 15.2 Å². The average molecular weight is 398 g/mol. The Kier molecular flexibility index (Phi) is 6.01.